The second kappa shape index (κ2) is 7.58. The van der Waals surface area contributed by atoms with Crippen LogP contribution in [-0.2, 0) is 19.1 Å². The molecule has 0 aromatic carbocycles. The largest absolute Gasteiger partial charge is 0.394 e. The van der Waals surface area contributed by atoms with Gasteiger partial charge in [0.1, 0.15) is 42.5 Å². The van der Waals surface area contributed by atoms with Crippen LogP contribution in [0.1, 0.15) is 20.8 Å². The third kappa shape index (κ3) is 3.17. The van der Waals surface area contributed by atoms with Crippen LogP contribution < -0.4 is 0 Å². The summed E-state index contributed by atoms with van der Waals surface area (Å²) in [6, 6.07) is 0. The molecule has 3 N–H and O–H groups in total. The summed E-state index contributed by atoms with van der Waals surface area (Å²) in [5, 5.41) is 29.9. The summed E-state index contributed by atoms with van der Waals surface area (Å²) < 4.78 is 5.59. The standard InChI is InChI=1S/C16H23ClN4O7/c1-7(23)18-5-21(16-13(27)12(26)10(4-22)28-16)15-11(18)14(17)19(8(2)24)6-20(15)9(3)25/h10,12-13,15-16,22,26-27H,4-6H2,1-3H3/t10-,12-,13-,15?,16-/m1/s1. The monoisotopic (exact) mass is 418 g/mol. The number of hydrogen-bond donors (Lipinski definition) is 3. The van der Waals surface area contributed by atoms with Crippen LogP contribution >= 0.6 is 11.6 Å². The molecule has 28 heavy (non-hydrogen) atoms. The summed E-state index contributed by atoms with van der Waals surface area (Å²) in [5.74, 6) is -1.18. The van der Waals surface area contributed by atoms with Crippen LogP contribution in [0.2, 0.25) is 0 Å². The zero-order valence-electron chi connectivity index (χ0n) is 15.6. The van der Waals surface area contributed by atoms with E-state index in [1.165, 1.54) is 40.4 Å². The lowest BCUT2D eigenvalue weighted by Crippen LogP contribution is -2.59. The zero-order valence-corrected chi connectivity index (χ0v) is 16.4. The molecule has 0 aromatic heterocycles. The SMILES string of the molecule is CC(=O)N1CN(C(C)=O)C2C(=C1Cl)N(C(C)=O)CN2[C@@H]1O[C@H](CO)[C@@H](O)[C@H]1O. The van der Waals surface area contributed by atoms with Crippen molar-refractivity contribution in [3.63, 3.8) is 0 Å². The van der Waals surface area contributed by atoms with Crippen LogP contribution in [0, 0.1) is 0 Å². The Balaban J connectivity index is 2.08. The van der Waals surface area contributed by atoms with Crippen molar-refractivity contribution in [2.75, 3.05) is 19.9 Å². The molecule has 3 aliphatic heterocycles. The van der Waals surface area contributed by atoms with Crippen LogP contribution in [0.4, 0.5) is 0 Å². The minimum atomic E-state index is -1.39. The third-order valence-corrected chi connectivity index (χ3v) is 5.60. The average Bonchev–Trinajstić information content (AvgIpc) is 3.14. The molecule has 5 atom stereocenters. The number of carbonyl (C=O) groups is 3. The predicted octanol–water partition coefficient (Wildman–Crippen LogP) is -2.05. The summed E-state index contributed by atoms with van der Waals surface area (Å²) in [6.45, 7) is 3.16. The molecule has 0 aromatic rings. The molecule has 3 rings (SSSR count). The van der Waals surface area contributed by atoms with E-state index < -0.39 is 43.2 Å². The number of hydrogen-bond acceptors (Lipinski definition) is 8. The van der Waals surface area contributed by atoms with Crippen molar-refractivity contribution >= 4 is 29.3 Å². The highest BCUT2D eigenvalue weighted by atomic mass is 35.5. The maximum absolute atomic E-state index is 12.3. The molecule has 2 fully saturated rings. The van der Waals surface area contributed by atoms with E-state index in [9.17, 15) is 29.7 Å². The Morgan fingerprint density at radius 3 is 2.11 bits per heavy atom. The van der Waals surface area contributed by atoms with Gasteiger partial charge in [-0.25, -0.2) is 4.90 Å². The smallest absolute Gasteiger partial charge is 0.226 e. The summed E-state index contributed by atoms with van der Waals surface area (Å²) in [5.41, 5.74) is 0.212. The van der Waals surface area contributed by atoms with Gasteiger partial charge in [0.2, 0.25) is 17.7 Å². The number of nitrogens with zero attached hydrogens (tertiary/aromatic N) is 4. The van der Waals surface area contributed by atoms with Crippen molar-refractivity contribution < 1.29 is 34.4 Å². The van der Waals surface area contributed by atoms with Gasteiger partial charge in [-0.05, 0) is 0 Å². The highest BCUT2D eigenvalue weighted by molar-refractivity contribution is 6.30. The van der Waals surface area contributed by atoms with E-state index in [1.54, 1.807) is 0 Å². The van der Waals surface area contributed by atoms with Gasteiger partial charge < -0.3 is 25.0 Å². The molecule has 11 nitrogen and oxygen atoms in total. The molecule has 3 amide bonds. The number of amides is 3. The molecule has 3 aliphatic rings. The van der Waals surface area contributed by atoms with Gasteiger partial charge >= 0.3 is 0 Å². The van der Waals surface area contributed by atoms with Gasteiger partial charge in [-0.3, -0.25) is 24.2 Å². The van der Waals surface area contributed by atoms with Gasteiger partial charge in [0, 0.05) is 20.8 Å². The second-order valence-electron chi connectivity index (χ2n) is 6.96. The lowest BCUT2D eigenvalue weighted by Gasteiger charge is -2.43. The minimum Gasteiger partial charge on any atom is -0.394 e. The molecule has 2 saturated heterocycles. The van der Waals surface area contributed by atoms with Crippen molar-refractivity contribution in [3.8, 4) is 0 Å². The number of aliphatic hydroxyl groups excluding tert-OH is 3. The first kappa shape index (κ1) is 21.0. The Hall–Kier alpha value is -1.76. The maximum atomic E-state index is 12.3. The van der Waals surface area contributed by atoms with E-state index in [4.69, 9.17) is 16.3 Å². The minimum absolute atomic E-state index is 0.000515. The van der Waals surface area contributed by atoms with E-state index in [1.807, 2.05) is 0 Å². The fraction of sp³-hybridized carbons (Fsp3) is 0.688. The molecule has 1 unspecified atom stereocenters. The molecule has 0 aliphatic carbocycles. The molecule has 156 valence electrons. The zero-order chi connectivity index (χ0) is 20.9. The van der Waals surface area contributed by atoms with Crippen molar-refractivity contribution in [1.29, 1.82) is 0 Å². The van der Waals surface area contributed by atoms with E-state index in [0.717, 1.165) is 0 Å². The number of carbonyl (C=O) groups excluding carboxylic acids is 3. The van der Waals surface area contributed by atoms with Crippen LogP contribution in [0.3, 0.4) is 0 Å². The fourth-order valence-electron chi connectivity index (χ4n) is 3.74. The van der Waals surface area contributed by atoms with Gasteiger partial charge in [-0.15, -0.1) is 0 Å². The number of aliphatic hydroxyl groups is 3. The quantitative estimate of drug-likeness (QED) is 0.436. The van der Waals surface area contributed by atoms with Gasteiger partial charge in [0.05, 0.1) is 19.0 Å². The molecule has 3 heterocycles. The second-order valence-corrected chi connectivity index (χ2v) is 7.32. The Labute approximate surface area is 166 Å². The fourth-order valence-corrected chi connectivity index (χ4v) is 4.11. The molecule has 0 radical (unpaired) electrons. The van der Waals surface area contributed by atoms with Crippen molar-refractivity contribution in [2.24, 2.45) is 0 Å². The summed E-state index contributed by atoms with van der Waals surface area (Å²) >= 11 is 6.41. The van der Waals surface area contributed by atoms with Crippen molar-refractivity contribution in [3.05, 3.63) is 10.9 Å². The van der Waals surface area contributed by atoms with Crippen molar-refractivity contribution in [1.82, 2.24) is 19.6 Å². The summed E-state index contributed by atoms with van der Waals surface area (Å²) in [6.07, 6.45) is -5.74. The van der Waals surface area contributed by atoms with Crippen LogP contribution in [0.15, 0.2) is 10.9 Å². The van der Waals surface area contributed by atoms with Gasteiger partial charge in [0.25, 0.3) is 0 Å². The van der Waals surface area contributed by atoms with E-state index >= 15 is 0 Å². The molecule has 0 bridgehead atoms. The number of rotatable bonds is 2. The van der Waals surface area contributed by atoms with Crippen LogP contribution in [0.5, 0.6) is 0 Å². The molecule has 12 heteroatoms. The lowest BCUT2D eigenvalue weighted by atomic mass is 10.1. The average molecular weight is 419 g/mol. The maximum Gasteiger partial charge on any atom is 0.226 e. The van der Waals surface area contributed by atoms with E-state index in [0.29, 0.717) is 0 Å². The topological polar surface area (TPSA) is 134 Å². The van der Waals surface area contributed by atoms with Gasteiger partial charge in [0.15, 0.2) is 0 Å². The Morgan fingerprint density at radius 1 is 1.04 bits per heavy atom. The number of halogens is 1. The molecule has 0 spiro atoms. The summed E-state index contributed by atoms with van der Waals surface area (Å²) in [4.78, 5) is 41.8. The first-order valence-corrected chi connectivity index (χ1v) is 9.09. The first-order chi connectivity index (χ1) is 13.1. The number of ether oxygens (including phenoxy) is 1. The first-order valence-electron chi connectivity index (χ1n) is 8.71. The Bertz CT molecular complexity index is 732. The lowest BCUT2D eigenvalue weighted by molar-refractivity contribution is -0.154. The molecule has 0 saturated carbocycles. The van der Waals surface area contributed by atoms with Crippen LogP contribution in [0.25, 0.3) is 0 Å². The van der Waals surface area contributed by atoms with Gasteiger partial charge in [-0.2, -0.15) is 0 Å². The molecular formula is C16H23ClN4O7. The predicted molar refractivity (Wildman–Crippen MR) is 93.6 cm³/mol. The van der Waals surface area contributed by atoms with Crippen molar-refractivity contribution in [2.45, 2.75) is 51.5 Å². The third-order valence-electron chi connectivity index (χ3n) is 5.20. The highest BCUT2D eigenvalue weighted by Crippen LogP contribution is 2.40. The molecular weight excluding hydrogens is 396 g/mol. The summed E-state index contributed by atoms with van der Waals surface area (Å²) in [7, 11) is 0. The van der Waals surface area contributed by atoms with Gasteiger partial charge in [-0.1, -0.05) is 11.6 Å². The van der Waals surface area contributed by atoms with Crippen LogP contribution in [-0.4, -0.2) is 103 Å². The Kier molecular flexibility index (Phi) is 5.67. The normalized spacial score (nSPS) is 33.5. The Morgan fingerprint density at radius 2 is 1.64 bits per heavy atom. The van der Waals surface area contributed by atoms with E-state index in [-0.39, 0.29) is 36.0 Å². The highest BCUT2D eigenvalue weighted by Gasteiger charge is 2.55. The number of fused-ring (bicyclic) bond motifs is 1. The van der Waals surface area contributed by atoms with E-state index in [2.05, 4.69) is 0 Å².